The average molecular weight is 341 g/mol. The molecule has 0 spiro atoms. The molecule has 0 aliphatic carbocycles. The van der Waals surface area contributed by atoms with E-state index in [0.29, 0.717) is 0 Å². The van der Waals surface area contributed by atoms with E-state index in [9.17, 15) is 9.90 Å². The van der Waals surface area contributed by atoms with Gasteiger partial charge >= 0.3 is 5.69 Å². The van der Waals surface area contributed by atoms with Crippen LogP contribution in [0.3, 0.4) is 0 Å². The molecule has 0 aliphatic rings. The molecule has 1 aromatic carbocycles. The summed E-state index contributed by atoms with van der Waals surface area (Å²) in [6, 6.07) is 3.70. The number of unbranched alkanes of at least 4 members (excludes halogenated alkanes) is 1. The van der Waals surface area contributed by atoms with Crippen molar-refractivity contribution in [3.05, 3.63) is 32.7 Å². The molecule has 0 bridgehead atoms. The minimum atomic E-state index is -0.510. The molecule has 0 aliphatic heterocycles. The number of nitrogens with one attached hydrogen (secondary N) is 2. The number of aliphatic hydroxyl groups is 1. The zero-order valence-electron chi connectivity index (χ0n) is 11.9. The van der Waals surface area contributed by atoms with Crippen LogP contribution in [0.5, 0.6) is 0 Å². The van der Waals surface area contributed by atoms with Gasteiger partial charge in [0.15, 0.2) is 0 Å². The van der Waals surface area contributed by atoms with Crippen LogP contribution < -0.4 is 5.69 Å². The van der Waals surface area contributed by atoms with Crippen molar-refractivity contribution in [1.29, 1.82) is 0 Å². The first-order valence-corrected chi connectivity index (χ1v) is 7.95. The number of benzene rings is 1. The van der Waals surface area contributed by atoms with Crippen molar-refractivity contribution in [2.75, 3.05) is 0 Å². The van der Waals surface area contributed by atoms with Crippen LogP contribution in [0, 0.1) is 5.92 Å². The predicted molar refractivity (Wildman–Crippen MR) is 84.9 cm³/mol. The van der Waals surface area contributed by atoms with E-state index in [1.165, 1.54) is 0 Å². The van der Waals surface area contributed by atoms with Crippen molar-refractivity contribution in [1.82, 2.24) is 9.97 Å². The number of aromatic amines is 2. The molecular formula is C15H21BrN2O2. The molecule has 110 valence electrons. The average Bonchev–Trinajstić information content (AvgIpc) is 2.77. The third kappa shape index (κ3) is 3.15. The summed E-state index contributed by atoms with van der Waals surface area (Å²) in [6.45, 7) is 4.26. The minimum absolute atomic E-state index is 0.225. The van der Waals surface area contributed by atoms with E-state index in [2.05, 4.69) is 39.7 Å². The standard InChI is InChI=1S/C15H21BrN2O2/c1-3-5-6-9(4-2)14(19)10-7-12-13(8-11(10)16)18-15(20)17-12/h7-9,14,19H,3-6H2,1-2H3,(H2,17,18,20). The Labute approximate surface area is 126 Å². The van der Waals surface area contributed by atoms with Gasteiger partial charge in [0, 0.05) is 4.47 Å². The molecule has 2 aromatic rings. The van der Waals surface area contributed by atoms with Crippen LogP contribution in [0.15, 0.2) is 21.4 Å². The Morgan fingerprint density at radius 2 is 1.90 bits per heavy atom. The van der Waals surface area contributed by atoms with Gasteiger partial charge in [0.05, 0.1) is 17.1 Å². The molecule has 0 fully saturated rings. The third-order valence-electron chi connectivity index (χ3n) is 3.85. The summed E-state index contributed by atoms with van der Waals surface area (Å²) in [5.74, 6) is 0.245. The number of aliphatic hydroxyl groups excluding tert-OH is 1. The number of aromatic nitrogens is 2. The molecule has 3 N–H and O–H groups in total. The van der Waals surface area contributed by atoms with Crippen molar-refractivity contribution >= 4 is 27.0 Å². The van der Waals surface area contributed by atoms with Gasteiger partial charge in [-0.15, -0.1) is 0 Å². The molecule has 2 atom stereocenters. The lowest BCUT2D eigenvalue weighted by atomic mass is 9.89. The van der Waals surface area contributed by atoms with Gasteiger partial charge in [0.1, 0.15) is 0 Å². The van der Waals surface area contributed by atoms with Gasteiger partial charge in [-0.25, -0.2) is 4.79 Å². The largest absolute Gasteiger partial charge is 0.388 e. The summed E-state index contributed by atoms with van der Waals surface area (Å²) in [6.07, 6.45) is 3.70. The predicted octanol–water partition coefficient (Wildman–Crippen LogP) is 3.87. The van der Waals surface area contributed by atoms with Crippen molar-refractivity contribution in [3.8, 4) is 0 Å². The van der Waals surface area contributed by atoms with Crippen LogP contribution in [0.25, 0.3) is 11.0 Å². The van der Waals surface area contributed by atoms with Crippen molar-refractivity contribution in [2.24, 2.45) is 5.92 Å². The maximum absolute atomic E-state index is 11.3. The third-order valence-corrected chi connectivity index (χ3v) is 4.54. The lowest BCUT2D eigenvalue weighted by Gasteiger charge is -2.23. The zero-order valence-corrected chi connectivity index (χ0v) is 13.5. The van der Waals surface area contributed by atoms with Crippen LogP contribution >= 0.6 is 15.9 Å². The van der Waals surface area contributed by atoms with Gasteiger partial charge in [-0.1, -0.05) is 49.0 Å². The summed E-state index contributed by atoms with van der Waals surface area (Å²) < 4.78 is 0.836. The van der Waals surface area contributed by atoms with E-state index >= 15 is 0 Å². The molecular weight excluding hydrogens is 320 g/mol. The number of fused-ring (bicyclic) bond motifs is 1. The van der Waals surface area contributed by atoms with Gasteiger partial charge in [0.25, 0.3) is 0 Å². The van der Waals surface area contributed by atoms with Crippen molar-refractivity contribution in [3.63, 3.8) is 0 Å². The van der Waals surface area contributed by atoms with Crippen molar-refractivity contribution < 1.29 is 5.11 Å². The fourth-order valence-electron chi connectivity index (χ4n) is 2.60. The Hall–Kier alpha value is -1.07. The van der Waals surface area contributed by atoms with Gasteiger partial charge in [0.2, 0.25) is 0 Å². The van der Waals surface area contributed by atoms with E-state index in [1.807, 2.05) is 12.1 Å². The van der Waals surface area contributed by atoms with E-state index in [-0.39, 0.29) is 11.6 Å². The van der Waals surface area contributed by atoms with Crippen LogP contribution in [0.2, 0.25) is 0 Å². The Kier molecular flexibility index (Phi) is 5.05. The SMILES string of the molecule is CCCCC(CC)C(O)c1cc2[nH]c(=O)[nH]c2cc1Br. The molecule has 1 heterocycles. The second kappa shape index (κ2) is 6.59. The zero-order chi connectivity index (χ0) is 14.7. The summed E-state index contributed by atoms with van der Waals surface area (Å²) in [7, 11) is 0. The van der Waals surface area contributed by atoms with E-state index in [0.717, 1.165) is 46.8 Å². The Morgan fingerprint density at radius 1 is 1.25 bits per heavy atom. The molecule has 0 saturated carbocycles. The second-order valence-corrected chi connectivity index (χ2v) is 6.11. The lowest BCUT2D eigenvalue weighted by Crippen LogP contribution is -2.12. The maximum Gasteiger partial charge on any atom is 0.323 e. The number of hydrogen-bond donors (Lipinski definition) is 3. The first-order valence-electron chi connectivity index (χ1n) is 7.16. The van der Waals surface area contributed by atoms with Gasteiger partial charge in [-0.05, 0) is 30.0 Å². The Bertz CT molecular complexity index is 632. The number of rotatable bonds is 6. The smallest absolute Gasteiger partial charge is 0.323 e. The van der Waals surface area contributed by atoms with Gasteiger partial charge in [-0.3, -0.25) is 0 Å². The highest BCUT2D eigenvalue weighted by Gasteiger charge is 2.21. The molecule has 2 unspecified atom stereocenters. The second-order valence-electron chi connectivity index (χ2n) is 5.25. The summed E-state index contributed by atoms with van der Waals surface area (Å²) in [5.41, 5.74) is 2.10. The first-order chi connectivity index (χ1) is 9.56. The number of hydrogen-bond acceptors (Lipinski definition) is 2. The van der Waals surface area contributed by atoms with Crippen LogP contribution in [0.4, 0.5) is 0 Å². The van der Waals surface area contributed by atoms with Crippen molar-refractivity contribution in [2.45, 2.75) is 45.6 Å². The molecule has 0 amide bonds. The summed E-state index contributed by atoms with van der Waals surface area (Å²) in [5, 5.41) is 10.6. The van der Waals surface area contributed by atoms with Gasteiger partial charge < -0.3 is 15.1 Å². The molecule has 5 heteroatoms. The number of imidazole rings is 1. The quantitative estimate of drug-likeness (QED) is 0.747. The molecule has 20 heavy (non-hydrogen) atoms. The maximum atomic E-state index is 11.3. The van der Waals surface area contributed by atoms with Crippen LogP contribution in [0.1, 0.15) is 51.2 Å². The fourth-order valence-corrected chi connectivity index (χ4v) is 3.18. The highest BCUT2D eigenvalue weighted by molar-refractivity contribution is 9.10. The van der Waals surface area contributed by atoms with E-state index < -0.39 is 6.10 Å². The molecule has 2 rings (SSSR count). The summed E-state index contributed by atoms with van der Waals surface area (Å²) >= 11 is 3.50. The molecule has 0 radical (unpaired) electrons. The topological polar surface area (TPSA) is 68.9 Å². The number of halogens is 1. The van der Waals surface area contributed by atoms with Gasteiger partial charge in [-0.2, -0.15) is 0 Å². The first kappa shape index (κ1) is 15.3. The Morgan fingerprint density at radius 3 is 2.50 bits per heavy atom. The molecule has 0 saturated heterocycles. The summed E-state index contributed by atoms with van der Waals surface area (Å²) in [4.78, 5) is 16.8. The minimum Gasteiger partial charge on any atom is -0.388 e. The Balaban J connectivity index is 2.34. The highest BCUT2D eigenvalue weighted by Crippen LogP contribution is 2.34. The van der Waals surface area contributed by atoms with Crippen LogP contribution in [-0.2, 0) is 0 Å². The highest BCUT2D eigenvalue weighted by atomic mass is 79.9. The van der Waals surface area contributed by atoms with Crippen LogP contribution in [-0.4, -0.2) is 15.1 Å². The monoisotopic (exact) mass is 340 g/mol. The van der Waals surface area contributed by atoms with E-state index in [1.54, 1.807) is 0 Å². The fraction of sp³-hybridized carbons (Fsp3) is 0.533. The van der Waals surface area contributed by atoms with E-state index in [4.69, 9.17) is 0 Å². The lowest BCUT2D eigenvalue weighted by molar-refractivity contribution is 0.0984. The molecule has 1 aromatic heterocycles. The molecule has 4 nitrogen and oxygen atoms in total. The normalized spacial score (nSPS) is 14.6. The number of H-pyrrole nitrogens is 2.